The Bertz CT molecular complexity index is 997. The number of ether oxygens (including phenoxy) is 1. The lowest BCUT2D eigenvalue weighted by atomic mass is 10.0. The van der Waals surface area contributed by atoms with Crippen molar-refractivity contribution >= 4 is 15.7 Å². The van der Waals surface area contributed by atoms with Gasteiger partial charge in [0.25, 0.3) is 5.91 Å². The van der Waals surface area contributed by atoms with Crippen molar-refractivity contribution in [2.75, 3.05) is 12.9 Å². The van der Waals surface area contributed by atoms with E-state index in [1.165, 1.54) is 18.7 Å². The van der Waals surface area contributed by atoms with E-state index < -0.39 is 21.8 Å². The molecule has 1 N–H and O–H groups in total. The molecule has 2 heterocycles. The number of methoxy groups -OCH3 is 1. The molecule has 1 aliphatic heterocycles. The van der Waals surface area contributed by atoms with Crippen molar-refractivity contribution in [3.8, 4) is 16.9 Å². The summed E-state index contributed by atoms with van der Waals surface area (Å²) >= 11 is 0. The van der Waals surface area contributed by atoms with Gasteiger partial charge in [-0.1, -0.05) is 18.2 Å². The summed E-state index contributed by atoms with van der Waals surface area (Å²) in [5.41, 5.74) is 4.31. The molecule has 1 aromatic carbocycles. The van der Waals surface area contributed by atoms with Gasteiger partial charge in [-0.2, -0.15) is 0 Å². The minimum atomic E-state index is -3.24. The molecule has 0 fully saturated rings. The smallest absolute Gasteiger partial charge is 0.274 e. The number of nitrogens with one attached hydrogen (secondary N) is 1. The highest BCUT2D eigenvalue weighted by atomic mass is 32.2. The third-order valence-electron chi connectivity index (χ3n) is 4.37. The Kier molecular flexibility index (Phi) is 4.82. The molecule has 1 aromatic heterocycles. The van der Waals surface area contributed by atoms with E-state index in [1.807, 2.05) is 26.0 Å². The number of aryl methyl sites for hydroxylation is 2. The number of carbonyl (C=O) groups excluding carboxylic acids is 1. The Morgan fingerprint density at radius 3 is 2.58 bits per heavy atom. The average Bonchev–Trinajstić information content (AvgIpc) is 2.95. The van der Waals surface area contributed by atoms with Crippen LogP contribution in [0.1, 0.15) is 21.6 Å². The standard InChI is InChI=1S/C19H20N2O4S/c1-12-4-5-14(8-13(12)2)15-9-17(25-3)18(20-10-15)19(22)21-16-6-7-26(23,24)11-16/h4-10,16H,11H2,1-3H3,(H,21,22). The molecule has 0 saturated carbocycles. The van der Waals surface area contributed by atoms with Crippen LogP contribution in [0, 0.1) is 13.8 Å². The Morgan fingerprint density at radius 2 is 1.96 bits per heavy atom. The van der Waals surface area contributed by atoms with Crippen LogP contribution in [0.5, 0.6) is 5.75 Å². The van der Waals surface area contributed by atoms with E-state index in [2.05, 4.69) is 16.4 Å². The molecule has 0 radical (unpaired) electrons. The van der Waals surface area contributed by atoms with Crippen LogP contribution in [-0.4, -0.2) is 38.2 Å². The SMILES string of the molecule is COc1cc(-c2ccc(C)c(C)c2)cnc1C(=O)NC1C=CS(=O)(=O)C1. The van der Waals surface area contributed by atoms with E-state index in [4.69, 9.17) is 4.74 Å². The van der Waals surface area contributed by atoms with Crippen LogP contribution in [0.25, 0.3) is 11.1 Å². The van der Waals surface area contributed by atoms with E-state index >= 15 is 0 Å². The van der Waals surface area contributed by atoms with E-state index in [9.17, 15) is 13.2 Å². The van der Waals surface area contributed by atoms with Crippen LogP contribution >= 0.6 is 0 Å². The summed E-state index contributed by atoms with van der Waals surface area (Å²) in [6.07, 6.45) is 3.08. The predicted octanol–water partition coefficient (Wildman–Crippen LogP) is 2.41. The van der Waals surface area contributed by atoms with Crippen molar-refractivity contribution in [3.63, 3.8) is 0 Å². The first kappa shape index (κ1) is 18.1. The summed E-state index contributed by atoms with van der Waals surface area (Å²) in [6, 6.07) is 7.28. The monoisotopic (exact) mass is 372 g/mol. The quantitative estimate of drug-likeness (QED) is 0.891. The van der Waals surface area contributed by atoms with Gasteiger partial charge in [0.2, 0.25) is 0 Å². The van der Waals surface area contributed by atoms with Crippen molar-refractivity contribution in [3.05, 3.63) is 58.8 Å². The number of aromatic nitrogens is 1. The summed E-state index contributed by atoms with van der Waals surface area (Å²) in [7, 11) is -1.77. The maximum Gasteiger partial charge on any atom is 0.274 e. The fraction of sp³-hybridized carbons (Fsp3) is 0.263. The van der Waals surface area contributed by atoms with Crippen molar-refractivity contribution < 1.29 is 17.9 Å². The zero-order chi connectivity index (χ0) is 18.9. The Hall–Kier alpha value is -2.67. The molecule has 1 aliphatic rings. The van der Waals surface area contributed by atoms with Gasteiger partial charge < -0.3 is 10.1 Å². The fourth-order valence-corrected chi connectivity index (χ4v) is 3.99. The molecule has 0 saturated heterocycles. The Balaban J connectivity index is 1.86. The van der Waals surface area contributed by atoms with Crippen LogP contribution in [0.15, 0.2) is 41.9 Å². The van der Waals surface area contributed by atoms with Gasteiger partial charge in [0.1, 0.15) is 0 Å². The lowest BCUT2D eigenvalue weighted by molar-refractivity contribution is 0.0939. The van der Waals surface area contributed by atoms with Gasteiger partial charge in [-0.3, -0.25) is 4.79 Å². The van der Waals surface area contributed by atoms with E-state index in [1.54, 1.807) is 12.3 Å². The van der Waals surface area contributed by atoms with Gasteiger partial charge in [-0.05, 0) is 42.7 Å². The molecule has 0 spiro atoms. The maximum atomic E-state index is 12.5. The van der Waals surface area contributed by atoms with Gasteiger partial charge >= 0.3 is 0 Å². The van der Waals surface area contributed by atoms with Gasteiger partial charge in [0, 0.05) is 17.2 Å². The second kappa shape index (κ2) is 6.92. The second-order valence-electron chi connectivity index (χ2n) is 6.31. The normalized spacial score (nSPS) is 17.9. The fourth-order valence-electron chi connectivity index (χ4n) is 2.75. The molecule has 0 aliphatic carbocycles. The zero-order valence-corrected chi connectivity index (χ0v) is 15.6. The van der Waals surface area contributed by atoms with Crippen molar-refractivity contribution in [1.29, 1.82) is 0 Å². The lowest BCUT2D eigenvalue weighted by Gasteiger charge is -2.13. The summed E-state index contributed by atoms with van der Waals surface area (Å²) < 4.78 is 28.2. The second-order valence-corrected chi connectivity index (χ2v) is 8.24. The van der Waals surface area contributed by atoms with Crippen molar-refractivity contribution in [2.24, 2.45) is 0 Å². The minimum Gasteiger partial charge on any atom is -0.494 e. The number of benzene rings is 1. The Labute approximate surface area is 152 Å². The van der Waals surface area contributed by atoms with Gasteiger partial charge in [0.15, 0.2) is 21.3 Å². The third kappa shape index (κ3) is 3.77. The average molecular weight is 372 g/mol. The predicted molar refractivity (Wildman–Crippen MR) is 99.9 cm³/mol. The zero-order valence-electron chi connectivity index (χ0n) is 14.8. The molecule has 2 aromatic rings. The molecule has 0 bridgehead atoms. The summed E-state index contributed by atoms with van der Waals surface area (Å²) in [4.78, 5) is 16.7. The van der Waals surface area contributed by atoms with Gasteiger partial charge in [0.05, 0.1) is 18.9 Å². The van der Waals surface area contributed by atoms with E-state index in [-0.39, 0.29) is 11.4 Å². The highest BCUT2D eigenvalue weighted by Gasteiger charge is 2.25. The van der Waals surface area contributed by atoms with E-state index in [0.717, 1.165) is 22.1 Å². The van der Waals surface area contributed by atoms with Crippen molar-refractivity contribution in [2.45, 2.75) is 19.9 Å². The van der Waals surface area contributed by atoms with E-state index in [0.29, 0.717) is 5.75 Å². The van der Waals surface area contributed by atoms with Gasteiger partial charge in [-0.15, -0.1) is 0 Å². The molecular weight excluding hydrogens is 352 g/mol. The molecule has 3 rings (SSSR count). The van der Waals surface area contributed by atoms with Crippen LogP contribution in [0.4, 0.5) is 0 Å². The molecule has 1 amide bonds. The first-order valence-corrected chi connectivity index (χ1v) is 9.84. The highest BCUT2D eigenvalue weighted by molar-refractivity contribution is 7.94. The summed E-state index contributed by atoms with van der Waals surface area (Å²) in [5, 5.41) is 3.77. The van der Waals surface area contributed by atoms with Crippen LogP contribution in [0.2, 0.25) is 0 Å². The molecule has 1 atom stereocenters. The number of pyridine rings is 1. The Morgan fingerprint density at radius 1 is 1.19 bits per heavy atom. The largest absolute Gasteiger partial charge is 0.494 e. The topological polar surface area (TPSA) is 85.4 Å². The highest BCUT2D eigenvalue weighted by Crippen LogP contribution is 2.27. The first-order chi connectivity index (χ1) is 12.3. The number of nitrogens with zero attached hydrogens (tertiary/aromatic N) is 1. The minimum absolute atomic E-state index is 0.123. The first-order valence-electron chi connectivity index (χ1n) is 8.12. The number of carbonyl (C=O) groups is 1. The van der Waals surface area contributed by atoms with Crippen LogP contribution < -0.4 is 10.1 Å². The molecule has 6 nitrogen and oxygen atoms in total. The molecule has 26 heavy (non-hydrogen) atoms. The molecular formula is C19H20N2O4S. The number of hydrogen-bond donors (Lipinski definition) is 1. The number of sulfone groups is 1. The van der Waals surface area contributed by atoms with Crippen LogP contribution in [-0.2, 0) is 9.84 Å². The molecule has 136 valence electrons. The maximum absolute atomic E-state index is 12.5. The summed E-state index contributed by atoms with van der Waals surface area (Å²) in [5.74, 6) is -0.273. The van der Waals surface area contributed by atoms with Crippen LogP contribution in [0.3, 0.4) is 0 Å². The molecule has 7 heteroatoms. The number of rotatable bonds is 4. The van der Waals surface area contributed by atoms with Crippen molar-refractivity contribution in [1.82, 2.24) is 10.3 Å². The molecule has 1 unspecified atom stereocenters. The third-order valence-corrected chi connectivity index (χ3v) is 5.77. The lowest BCUT2D eigenvalue weighted by Crippen LogP contribution is -2.36. The summed E-state index contributed by atoms with van der Waals surface area (Å²) in [6.45, 7) is 4.08. The number of amides is 1. The number of hydrogen-bond acceptors (Lipinski definition) is 5. The van der Waals surface area contributed by atoms with Gasteiger partial charge in [-0.25, -0.2) is 13.4 Å².